The lowest BCUT2D eigenvalue weighted by Gasteiger charge is -2.27. The minimum atomic E-state index is -0.327. The molecule has 10 heteroatoms. The van der Waals surface area contributed by atoms with Crippen LogP contribution in [-0.2, 0) is 29.5 Å². The van der Waals surface area contributed by atoms with Gasteiger partial charge < -0.3 is 18.8 Å². The Labute approximate surface area is 269 Å². The van der Waals surface area contributed by atoms with E-state index in [0.29, 0.717) is 49.9 Å². The number of fused-ring (bicyclic) bond motifs is 1. The van der Waals surface area contributed by atoms with Gasteiger partial charge in [0.2, 0.25) is 0 Å². The van der Waals surface area contributed by atoms with E-state index in [0.717, 1.165) is 80.5 Å². The average molecular weight is 642 g/mol. The van der Waals surface area contributed by atoms with Crippen molar-refractivity contribution in [3.63, 3.8) is 0 Å². The fourth-order valence-electron chi connectivity index (χ4n) is 6.27. The van der Waals surface area contributed by atoms with E-state index in [1.807, 2.05) is 63.7 Å². The van der Waals surface area contributed by atoms with Crippen LogP contribution in [0, 0.1) is 27.7 Å². The van der Waals surface area contributed by atoms with E-state index in [9.17, 15) is 4.79 Å². The summed E-state index contributed by atoms with van der Waals surface area (Å²) in [6, 6.07) is 7.90. The van der Waals surface area contributed by atoms with E-state index in [4.69, 9.17) is 42.5 Å². The normalized spacial score (nSPS) is 14.0. The van der Waals surface area contributed by atoms with Crippen molar-refractivity contribution in [3.8, 4) is 16.9 Å². The standard InChI is InChI=1S/C34H42Cl2N4O4/c1-7-43-34(41)33-26(9-8-16-44-25-19-21(2)31(36)22(3)20-25)27-10-11-28(35)30(29-23(4)37-38(6)24(29)5)32(27)40(33)13-12-39-14-17-42-18-15-39/h10-11,19-20H,7-9,12-18H2,1-6H3. The molecule has 5 rings (SSSR count). The number of hydrogen-bond donors (Lipinski definition) is 0. The number of halogens is 2. The molecule has 2 aromatic carbocycles. The average Bonchev–Trinajstić information content (AvgIpc) is 3.45. The number of ether oxygens (including phenoxy) is 3. The Morgan fingerprint density at radius 2 is 1.73 bits per heavy atom. The van der Waals surface area contributed by atoms with Gasteiger partial charge in [-0.15, -0.1) is 0 Å². The van der Waals surface area contributed by atoms with E-state index < -0.39 is 0 Å². The van der Waals surface area contributed by atoms with Crippen LogP contribution in [0.1, 0.15) is 51.9 Å². The molecule has 0 spiro atoms. The fraction of sp³-hybridized carbons (Fsp3) is 0.471. The minimum absolute atomic E-state index is 0.288. The molecule has 0 N–H and O–H groups in total. The summed E-state index contributed by atoms with van der Waals surface area (Å²) in [6.45, 7) is 15.1. The summed E-state index contributed by atoms with van der Waals surface area (Å²) in [5.74, 6) is 0.465. The van der Waals surface area contributed by atoms with E-state index in [1.54, 1.807) is 0 Å². The number of carbonyl (C=O) groups excluding carboxylic acids is 1. The molecule has 44 heavy (non-hydrogen) atoms. The molecule has 1 saturated heterocycles. The second-order valence-electron chi connectivity index (χ2n) is 11.5. The maximum absolute atomic E-state index is 13.8. The third-order valence-corrected chi connectivity index (χ3v) is 9.41. The molecule has 8 nitrogen and oxygen atoms in total. The number of carbonyl (C=O) groups is 1. The van der Waals surface area contributed by atoms with Crippen LogP contribution in [0.15, 0.2) is 24.3 Å². The lowest BCUT2D eigenvalue weighted by Crippen LogP contribution is -2.38. The van der Waals surface area contributed by atoms with Gasteiger partial charge in [0.05, 0.1) is 42.7 Å². The zero-order chi connectivity index (χ0) is 31.5. The Hall–Kier alpha value is -3.04. The highest BCUT2D eigenvalue weighted by Gasteiger charge is 2.29. The van der Waals surface area contributed by atoms with Gasteiger partial charge in [-0.1, -0.05) is 29.3 Å². The van der Waals surface area contributed by atoms with Gasteiger partial charge >= 0.3 is 5.97 Å². The number of morpholine rings is 1. The summed E-state index contributed by atoms with van der Waals surface area (Å²) in [5.41, 5.74) is 8.23. The highest BCUT2D eigenvalue weighted by atomic mass is 35.5. The van der Waals surface area contributed by atoms with Gasteiger partial charge in [0, 0.05) is 60.5 Å². The zero-order valence-electron chi connectivity index (χ0n) is 26.6. The molecule has 2 aromatic heterocycles. The Kier molecular flexibility index (Phi) is 10.3. The summed E-state index contributed by atoms with van der Waals surface area (Å²) in [6.07, 6.45) is 1.34. The molecule has 0 radical (unpaired) electrons. The third kappa shape index (κ3) is 6.50. The molecule has 4 aromatic rings. The summed E-state index contributed by atoms with van der Waals surface area (Å²) in [5, 5.41) is 7.08. The predicted octanol–water partition coefficient (Wildman–Crippen LogP) is 7.10. The number of aryl methyl sites for hydroxylation is 5. The Morgan fingerprint density at radius 3 is 2.36 bits per heavy atom. The highest BCUT2D eigenvalue weighted by Crippen LogP contribution is 2.42. The van der Waals surface area contributed by atoms with Crippen molar-refractivity contribution in [3.05, 3.63) is 68.1 Å². The van der Waals surface area contributed by atoms with Crippen LogP contribution < -0.4 is 4.74 Å². The lowest BCUT2D eigenvalue weighted by molar-refractivity contribution is 0.0359. The predicted molar refractivity (Wildman–Crippen MR) is 177 cm³/mol. The van der Waals surface area contributed by atoms with Crippen molar-refractivity contribution in [1.82, 2.24) is 19.2 Å². The second-order valence-corrected chi connectivity index (χ2v) is 12.2. The summed E-state index contributed by atoms with van der Waals surface area (Å²) in [4.78, 5) is 16.1. The largest absolute Gasteiger partial charge is 0.494 e. The van der Waals surface area contributed by atoms with Crippen molar-refractivity contribution in [2.75, 3.05) is 46.1 Å². The monoisotopic (exact) mass is 640 g/mol. The summed E-state index contributed by atoms with van der Waals surface area (Å²) < 4.78 is 21.4. The number of hydrogen-bond acceptors (Lipinski definition) is 6. The topological polar surface area (TPSA) is 70.8 Å². The molecule has 0 bridgehead atoms. The van der Waals surface area contributed by atoms with Gasteiger partial charge in [0.15, 0.2) is 0 Å². The number of rotatable bonds is 11. The second kappa shape index (κ2) is 13.9. The van der Waals surface area contributed by atoms with Crippen LogP contribution in [0.25, 0.3) is 22.0 Å². The lowest BCUT2D eigenvalue weighted by atomic mass is 9.98. The third-order valence-electron chi connectivity index (χ3n) is 8.50. The van der Waals surface area contributed by atoms with Crippen LogP contribution in [0.3, 0.4) is 0 Å². The maximum Gasteiger partial charge on any atom is 0.355 e. The van der Waals surface area contributed by atoms with Crippen LogP contribution in [-0.4, -0.2) is 71.3 Å². The molecule has 3 heterocycles. The van der Waals surface area contributed by atoms with Crippen LogP contribution in [0.5, 0.6) is 5.75 Å². The Bertz CT molecular complexity index is 1650. The fourth-order valence-corrected chi connectivity index (χ4v) is 6.63. The first-order valence-electron chi connectivity index (χ1n) is 15.3. The van der Waals surface area contributed by atoms with Crippen molar-refractivity contribution in [2.45, 2.75) is 54.0 Å². The first-order valence-corrected chi connectivity index (χ1v) is 16.1. The van der Waals surface area contributed by atoms with Gasteiger partial charge in [0.25, 0.3) is 0 Å². The number of nitrogens with zero attached hydrogens (tertiary/aromatic N) is 4. The maximum atomic E-state index is 13.8. The van der Waals surface area contributed by atoms with E-state index in [1.165, 1.54) is 0 Å². The van der Waals surface area contributed by atoms with E-state index >= 15 is 0 Å². The number of benzene rings is 2. The highest BCUT2D eigenvalue weighted by molar-refractivity contribution is 6.35. The van der Waals surface area contributed by atoms with E-state index in [2.05, 4.69) is 16.4 Å². The van der Waals surface area contributed by atoms with Crippen LogP contribution in [0.2, 0.25) is 10.0 Å². The van der Waals surface area contributed by atoms with Gasteiger partial charge in [-0.3, -0.25) is 9.58 Å². The molecule has 1 aliphatic rings. The van der Waals surface area contributed by atoms with E-state index in [-0.39, 0.29) is 12.6 Å². The molecular weight excluding hydrogens is 599 g/mol. The zero-order valence-corrected chi connectivity index (χ0v) is 28.1. The summed E-state index contributed by atoms with van der Waals surface area (Å²) >= 11 is 13.4. The minimum Gasteiger partial charge on any atom is -0.494 e. The molecular formula is C34H42Cl2N4O4. The molecule has 236 valence electrons. The van der Waals surface area contributed by atoms with Crippen LogP contribution >= 0.6 is 23.2 Å². The Morgan fingerprint density at radius 1 is 1.02 bits per heavy atom. The quantitative estimate of drug-likeness (QED) is 0.129. The van der Waals surface area contributed by atoms with Crippen molar-refractivity contribution in [2.24, 2.45) is 7.05 Å². The molecule has 1 aliphatic heterocycles. The molecule has 0 amide bonds. The molecule has 0 aliphatic carbocycles. The first kappa shape index (κ1) is 32.4. The Balaban J connectivity index is 1.60. The van der Waals surface area contributed by atoms with Crippen molar-refractivity contribution >= 4 is 40.1 Å². The number of esters is 1. The van der Waals surface area contributed by atoms with Crippen molar-refractivity contribution < 1.29 is 19.0 Å². The molecule has 0 atom stereocenters. The first-order chi connectivity index (χ1) is 21.1. The van der Waals surface area contributed by atoms with Crippen LogP contribution in [0.4, 0.5) is 0 Å². The molecule has 0 saturated carbocycles. The number of aromatic nitrogens is 3. The SMILES string of the molecule is CCOC(=O)c1c(CCCOc2cc(C)c(Cl)c(C)c2)c2ccc(Cl)c(-c3c(C)nn(C)c3C)c2n1CCN1CCOCC1. The molecule has 0 unspecified atom stereocenters. The van der Waals surface area contributed by atoms with Gasteiger partial charge in [-0.2, -0.15) is 5.10 Å². The summed E-state index contributed by atoms with van der Waals surface area (Å²) in [7, 11) is 1.94. The smallest absolute Gasteiger partial charge is 0.355 e. The molecule has 1 fully saturated rings. The van der Waals surface area contributed by atoms with Crippen molar-refractivity contribution in [1.29, 1.82) is 0 Å². The van der Waals surface area contributed by atoms with Gasteiger partial charge in [0.1, 0.15) is 11.4 Å². The van der Waals surface area contributed by atoms with Gasteiger partial charge in [-0.25, -0.2) is 4.79 Å². The van der Waals surface area contributed by atoms with Gasteiger partial charge in [-0.05, 0) is 82.3 Å².